The molecule has 0 radical (unpaired) electrons. The zero-order chi connectivity index (χ0) is 26.2. The van der Waals surface area contributed by atoms with Crippen LogP contribution >= 0.6 is 0 Å². The minimum Gasteiger partial charge on any atom is -0.354 e. The average molecular weight is 519 g/mol. The lowest BCUT2D eigenvalue weighted by molar-refractivity contribution is 0.382. The van der Waals surface area contributed by atoms with Gasteiger partial charge in [-0.1, -0.05) is 63.2 Å². The number of hydrogen-bond acceptors (Lipinski definition) is 6. The van der Waals surface area contributed by atoms with Gasteiger partial charge < -0.3 is 4.90 Å². The third-order valence-electron chi connectivity index (χ3n) is 7.62. The van der Waals surface area contributed by atoms with E-state index in [1.165, 1.54) is 11.9 Å². The summed E-state index contributed by atoms with van der Waals surface area (Å²) in [7, 11) is -3.58. The van der Waals surface area contributed by atoms with E-state index < -0.39 is 10.0 Å². The second kappa shape index (κ2) is 9.87. The fourth-order valence-electron chi connectivity index (χ4n) is 4.87. The molecule has 0 atom stereocenters. The summed E-state index contributed by atoms with van der Waals surface area (Å²) in [5, 5.41) is 4.46. The highest BCUT2D eigenvalue weighted by Crippen LogP contribution is 2.30. The molecule has 8 nitrogen and oxygen atoms in total. The van der Waals surface area contributed by atoms with Crippen LogP contribution in [-0.4, -0.2) is 58.5 Å². The van der Waals surface area contributed by atoms with E-state index in [-0.39, 0.29) is 5.41 Å². The van der Waals surface area contributed by atoms with Crippen LogP contribution in [0.2, 0.25) is 0 Å². The Kier molecular flexibility index (Phi) is 6.76. The Labute approximate surface area is 219 Å². The van der Waals surface area contributed by atoms with Crippen molar-refractivity contribution in [2.45, 2.75) is 50.8 Å². The summed E-state index contributed by atoms with van der Waals surface area (Å²) in [6.45, 7) is 10.4. The molecule has 0 bridgehead atoms. The maximum absolute atomic E-state index is 13.5. The summed E-state index contributed by atoms with van der Waals surface area (Å²) in [4.78, 5) is 11.5. The van der Waals surface area contributed by atoms with Crippen molar-refractivity contribution >= 4 is 21.6 Å². The monoisotopic (exact) mass is 518 g/mol. The van der Waals surface area contributed by atoms with Crippen molar-refractivity contribution in [1.29, 1.82) is 0 Å². The summed E-state index contributed by atoms with van der Waals surface area (Å²) in [6, 6.07) is 17.7. The summed E-state index contributed by atoms with van der Waals surface area (Å²) in [5.41, 5.74) is 4.33. The van der Waals surface area contributed by atoms with Crippen LogP contribution in [-0.2, 0) is 21.9 Å². The summed E-state index contributed by atoms with van der Waals surface area (Å²) in [5.74, 6) is 1.49. The van der Waals surface area contributed by atoms with E-state index in [1.54, 1.807) is 21.0 Å². The first-order chi connectivity index (χ1) is 17.7. The van der Waals surface area contributed by atoms with Gasteiger partial charge in [0.05, 0.1) is 4.90 Å². The third-order valence-corrected chi connectivity index (χ3v) is 9.54. The fraction of sp³-hybridized carbons (Fsp3) is 0.393. The first-order valence-electron chi connectivity index (χ1n) is 12.8. The van der Waals surface area contributed by atoms with Gasteiger partial charge in [0.2, 0.25) is 10.0 Å². The number of nitrogens with zero attached hydrogens (tertiary/aromatic N) is 6. The average Bonchev–Trinajstić information content (AvgIpc) is 3.37. The van der Waals surface area contributed by atoms with Gasteiger partial charge in [-0.25, -0.2) is 13.4 Å². The lowest BCUT2D eigenvalue weighted by atomic mass is 9.82. The lowest BCUT2D eigenvalue weighted by Crippen LogP contribution is -2.49. The van der Waals surface area contributed by atoms with Gasteiger partial charge in [-0.2, -0.15) is 18.9 Å². The summed E-state index contributed by atoms with van der Waals surface area (Å²) >= 11 is 0. The van der Waals surface area contributed by atoms with Crippen LogP contribution in [0.5, 0.6) is 0 Å². The van der Waals surface area contributed by atoms with Crippen molar-refractivity contribution < 1.29 is 8.42 Å². The quantitative estimate of drug-likeness (QED) is 0.364. The molecular weight excluding hydrogens is 484 g/mol. The number of aromatic nitrogens is 4. The van der Waals surface area contributed by atoms with Gasteiger partial charge in [0.1, 0.15) is 12.1 Å². The fourth-order valence-corrected chi connectivity index (χ4v) is 6.29. The van der Waals surface area contributed by atoms with Crippen LogP contribution in [0.3, 0.4) is 0 Å². The standard InChI is InChI=1S/C28H34N6O2S/c1-5-28(3,4)23-11-13-24(14-12-23)37(35,36)33-17-15-32(16-18-33)26-25(19-22-9-7-6-8-10-22)21(2)31-27-29-20-30-34(26)27/h6-14,20H,5,15-19H2,1-4H3. The number of benzene rings is 2. The normalized spacial score (nSPS) is 15.4. The second-order valence-corrected chi connectivity index (χ2v) is 12.2. The summed E-state index contributed by atoms with van der Waals surface area (Å²) < 4.78 is 30.3. The highest BCUT2D eigenvalue weighted by molar-refractivity contribution is 7.89. The molecule has 1 aliphatic rings. The van der Waals surface area contributed by atoms with E-state index in [9.17, 15) is 8.42 Å². The number of anilines is 1. The van der Waals surface area contributed by atoms with E-state index in [2.05, 4.69) is 52.9 Å². The minimum absolute atomic E-state index is 0.0146. The maximum atomic E-state index is 13.5. The Morgan fingerprint density at radius 1 is 0.946 bits per heavy atom. The van der Waals surface area contributed by atoms with Gasteiger partial charge in [-0.3, -0.25) is 0 Å². The zero-order valence-corrected chi connectivity index (χ0v) is 22.7. The van der Waals surface area contributed by atoms with Gasteiger partial charge in [0.15, 0.2) is 0 Å². The van der Waals surface area contributed by atoms with Crippen LogP contribution in [0, 0.1) is 6.92 Å². The Hall–Kier alpha value is -3.30. The highest BCUT2D eigenvalue weighted by atomic mass is 32.2. The van der Waals surface area contributed by atoms with Gasteiger partial charge in [-0.15, -0.1) is 0 Å². The Morgan fingerprint density at radius 2 is 1.62 bits per heavy atom. The van der Waals surface area contributed by atoms with E-state index in [4.69, 9.17) is 0 Å². The molecule has 5 rings (SSSR count). The molecule has 1 fully saturated rings. The first-order valence-corrected chi connectivity index (χ1v) is 14.2. The van der Waals surface area contributed by atoms with Gasteiger partial charge in [-0.05, 0) is 42.0 Å². The molecular formula is C28H34N6O2S. The number of sulfonamides is 1. The molecule has 2 aromatic carbocycles. The topological polar surface area (TPSA) is 83.7 Å². The molecule has 0 saturated carbocycles. The molecule has 3 heterocycles. The molecule has 0 aliphatic carbocycles. The molecule has 37 heavy (non-hydrogen) atoms. The number of rotatable bonds is 7. The molecule has 0 spiro atoms. The van der Waals surface area contributed by atoms with Crippen LogP contribution in [0.15, 0.2) is 65.8 Å². The van der Waals surface area contributed by atoms with E-state index in [0.29, 0.717) is 43.3 Å². The molecule has 4 aromatic rings. The van der Waals surface area contributed by atoms with E-state index >= 15 is 0 Å². The van der Waals surface area contributed by atoms with Crippen LogP contribution < -0.4 is 4.90 Å². The van der Waals surface area contributed by atoms with Crippen molar-refractivity contribution in [3.63, 3.8) is 0 Å². The van der Waals surface area contributed by atoms with Crippen molar-refractivity contribution in [3.8, 4) is 0 Å². The molecule has 0 N–H and O–H groups in total. The van der Waals surface area contributed by atoms with Gasteiger partial charge in [0, 0.05) is 43.9 Å². The predicted molar refractivity (Wildman–Crippen MR) is 145 cm³/mol. The number of aryl methyl sites for hydroxylation is 1. The first kappa shape index (κ1) is 25.4. The Bertz CT molecular complexity index is 1490. The van der Waals surface area contributed by atoms with Crippen molar-refractivity contribution in [2.75, 3.05) is 31.1 Å². The number of piperazine rings is 1. The molecule has 9 heteroatoms. The predicted octanol–water partition coefficient (Wildman–Crippen LogP) is 4.22. The lowest BCUT2D eigenvalue weighted by Gasteiger charge is -2.36. The maximum Gasteiger partial charge on any atom is 0.254 e. The molecule has 1 aliphatic heterocycles. The smallest absolute Gasteiger partial charge is 0.254 e. The largest absolute Gasteiger partial charge is 0.354 e. The van der Waals surface area contributed by atoms with Gasteiger partial charge >= 0.3 is 0 Å². The Morgan fingerprint density at radius 3 is 2.27 bits per heavy atom. The molecule has 0 unspecified atom stereocenters. The van der Waals surface area contributed by atoms with Crippen molar-refractivity contribution in [3.05, 3.63) is 83.3 Å². The molecule has 194 valence electrons. The van der Waals surface area contributed by atoms with E-state index in [0.717, 1.165) is 29.1 Å². The molecule has 0 amide bonds. The van der Waals surface area contributed by atoms with Crippen molar-refractivity contribution in [2.24, 2.45) is 0 Å². The van der Waals surface area contributed by atoms with Crippen molar-refractivity contribution in [1.82, 2.24) is 23.9 Å². The number of fused-ring (bicyclic) bond motifs is 1. The third kappa shape index (κ3) is 4.85. The molecule has 2 aromatic heterocycles. The van der Waals surface area contributed by atoms with Gasteiger partial charge in [0.25, 0.3) is 5.78 Å². The molecule has 1 saturated heterocycles. The minimum atomic E-state index is -3.58. The zero-order valence-electron chi connectivity index (χ0n) is 21.9. The second-order valence-electron chi connectivity index (χ2n) is 10.3. The summed E-state index contributed by atoms with van der Waals surface area (Å²) in [6.07, 6.45) is 3.21. The van der Waals surface area contributed by atoms with E-state index in [1.807, 2.05) is 37.3 Å². The van der Waals surface area contributed by atoms with Crippen LogP contribution in [0.4, 0.5) is 5.82 Å². The van der Waals surface area contributed by atoms with Crippen LogP contribution in [0.1, 0.15) is 49.6 Å². The highest BCUT2D eigenvalue weighted by Gasteiger charge is 2.31. The Balaban J connectivity index is 1.40. The number of hydrogen-bond donors (Lipinski definition) is 0. The SMILES string of the molecule is CCC(C)(C)c1ccc(S(=O)(=O)N2CCN(c3c(Cc4ccccc4)c(C)nc4ncnn34)CC2)cc1. The van der Waals surface area contributed by atoms with Crippen LogP contribution in [0.25, 0.3) is 5.78 Å².